The molecule has 1 aliphatic rings. The van der Waals surface area contributed by atoms with Gasteiger partial charge in [0.15, 0.2) is 0 Å². The summed E-state index contributed by atoms with van der Waals surface area (Å²) in [6.45, 7) is -1.31. The standard InChI is InChI=1S/C17H20F3NO3/c1-24-16(23)13-9-7-12(8-10-13)15(22)21(11-17(18,19)20)14-5-3-2-4-6-14/h2-6,12-13H,7-11H2,1H3. The Bertz CT molecular complexity index is 566. The third-order valence-electron chi connectivity index (χ3n) is 4.28. The summed E-state index contributed by atoms with van der Waals surface area (Å²) in [4.78, 5) is 24.9. The van der Waals surface area contributed by atoms with Gasteiger partial charge in [-0.25, -0.2) is 0 Å². The summed E-state index contributed by atoms with van der Waals surface area (Å²) in [5.41, 5.74) is 0.231. The molecule has 0 atom stereocenters. The Morgan fingerprint density at radius 2 is 1.62 bits per heavy atom. The number of nitrogens with zero attached hydrogens (tertiary/aromatic N) is 1. The van der Waals surface area contributed by atoms with E-state index in [1.807, 2.05) is 0 Å². The van der Waals surface area contributed by atoms with Gasteiger partial charge in [0.1, 0.15) is 6.54 Å². The van der Waals surface area contributed by atoms with E-state index >= 15 is 0 Å². The number of ether oxygens (including phenoxy) is 1. The van der Waals surface area contributed by atoms with Gasteiger partial charge in [-0.2, -0.15) is 13.2 Å². The van der Waals surface area contributed by atoms with E-state index in [0.29, 0.717) is 25.7 Å². The number of rotatable bonds is 4. The molecule has 1 amide bonds. The molecule has 1 aromatic carbocycles. The van der Waals surface area contributed by atoms with Gasteiger partial charge in [0.05, 0.1) is 13.0 Å². The van der Waals surface area contributed by atoms with Crippen LogP contribution >= 0.6 is 0 Å². The van der Waals surface area contributed by atoms with Gasteiger partial charge in [-0.1, -0.05) is 18.2 Å². The molecule has 0 aliphatic heterocycles. The van der Waals surface area contributed by atoms with Crippen molar-refractivity contribution in [2.24, 2.45) is 11.8 Å². The van der Waals surface area contributed by atoms with Crippen LogP contribution in [-0.2, 0) is 14.3 Å². The van der Waals surface area contributed by atoms with Crippen molar-refractivity contribution in [2.45, 2.75) is 31.9 Å². The largest absolute Gasteiger partial charge is 0.469 e. The summed E-state index contributed by atoms with van der Waals surface area (Å²) in [5.74, 6) is -1.64. The van der Waals surface area contributed by atoms with Crippen LogP contribution in [-0.4, -0.2) is 31.7 Å². The molecule has 0 unspecified atom stereocenters. The van der Waals surface area contributed by atoms with Crippen molar-refractivity contribution in [3.05, 3.63) is 30.3 Å². The van der Waals surface area contributed by atoms with E-state index in [1.165, 1.54) is 19.2 Å². The fourth-order valence-corrected chi connectivity index (χ4v) is 3.05. The van der Waals surface area contributed by atoms with E-state index in [1.54, 1.807) is 18.2 Å². The minimum absolute atomic E-state index is 0.231. The summed E-state index contributed by atoms with van der Waals surface area (Å²) < 4.78 is 43.3. The van der Waals surface area contributed by atoms with Crippen LogP contribution in [0.4, 0.5) is 18.9 Å². The Balaban J connectivity index is 2.10. The molecule has 7 heteroatoms. The number of anilines is 1. The lowest BCUT2D eigenvalue weighted by Crippen LogP contribution is -2.43. The van der Waals surface area contributed by atoms with Crippen molar-refractivity contribution < 1.29 is 27.5 Å². The zero-order valence-corrected chi connectivity index (χ0v) is 13.4. The van der Waals surface area contributed by atoms with Gasteiger partial charge < -0.3 is 9.64 Å². The molecule has 2 rings (SSSR count). The zero-order valence-electron chi connectivity index (χ0n) is 13.4. The number of hydrogen-bond acceptors (Lipinski definition) is 3. The minimum atomic E-state index is -4.48. The lowest BCUT2D eigenvalue weighted by Gasteiger charge is -2.31. The maximum Gasteiger partial charge on any atom is 0.406 e. The van der Waals surface area contributed by atoms with Crippen molar-refractivity contribution in [1.29, 1.82) is 0 Å². The SMILES string of the molecule is COC(=O)C1CCC(C(=O)N(CC(F)(F)F)c2ccccc2)CC1. The topological polar surface area (TPSA) is 46.6 Å². The fraction of sp³-hybridized carbons (Fsp3) is 0.529. The summed E-state index contributed by atoms with van der Waals surface area (Å²) in [5, 5.41) is 0. The second-order valence-corrected chi connectivity index (χ2v) is 5.95. The first-order valence-corrected chi connectivity index (χ1v) is 7.83. The van der Waals surface area contributed by atoms with Crippen molar-refractivity contribution in [2.75, 3.05) is 18.6 Å². The van der Waals surface area contributed by atoms with Crippen molar-refractivity contribution >= 4 is 17.6 Å². The van der Waals surface area contributed by atoms with Crippen LogP contribution in [0.25, 0.3) is 0 Å². The Morgan fingerprint density at radius 1 is 1.08 bits per heavy atom. The third-order valence-corrected chi connectivity index (χ3v) is 4.28. The van der Waals surface area contributed by atoms with E-state index in [0.717, 1.165) is 4.90 Å². The van der Waals surface area contributed by atoms with Crippen LogP contribution in [0, 0.1) is 11.8 Å². The molecule has 0 spiro atoms. The van der Waals surface area contributed by atoms with E-state index in [9.17, 15) is 22.8 Å². The number of benzene rings is 1. The molecule has 0 heterocycles. The molecule has 24 heavy (non-hydrogen) atoms. The molecule has 0 saturated heterocycles. The van der Waals surface area contributed by atoms with E-state index < -0.39 is 24.5 Å². The summed E-state index contributed by atoms with van der Waals surface area (Å²) >= 11 is 0. The van der Waals surface area contributed by atoms with Gasteiger partial charge in [-0.3, -0.25) is 9.59 Å². The molecule has 0 N–H and O–H groups in total. The van der Waals surface area contributed by atoms with Gasteiger partial charge in [0.25, 0.3) is 0 Å². The maximum atomic E-state index is 12.9. The Kier molecular flexibility index (Phi) is 5.85. The molecule has 0 aromatic heterocycles. The average molecular weight is 343 g/mol. The highest BCUT2D eigenvalue weighted by Gasteiger charge is 2.38. The molecule has 4 nitrogen and oxygen atoms in total. The molecule has 0 bridgehead atoms. The van der Waals surface area contributed by atoms with Crippen LogP contribution in [0.2, 0.25) is 0 Å². The van der Waals surface area contributed by atoms with Crippen molar-refractivity contribution in [3.63, 3.8) is 0 Å². The van der Waals surface area contributed by atoms with Crippen LogP contribution < -0.4 is 4.90 Å². The molecular weight excluding hydrogens is 323 g/mol. The van der Waals surface area contributed by atoms with E-state index in [4.69, 9.17) is 0 Å². The van der Waals surface area contributed by atoms with Gasteiger partial charge >= 0.3 is 12.1 Å². The Hall–Kier alpha value is -2.05. The first kappa shape index (κ1) is 18.3. The highest BCUT2D eigenvalue weighted by Crippen LogP contribution is 2.33. The van der Waals surface area contributed by atoms with E-state index in [-0.39, 0.29) is 17.6 Å². The van der Waals surface area contributed by atoms with Crippen LogP contribution in [0.5, 0.6) is 0 Å². The van der Waals surface area contributed by atoms with Gasteiger partial charge in [0, 0.05) is 11.6 Å². The molecular formula is C17H20F3NO3. The molecule has 1 aromatic rings. The summed E-state index contributed by atoms with van der Waals surface area (Å²) in [7, 11) is 1.31. The average Bonchev–Trinajstić information content (AvgIpc) is 2.58. The zero-order chi connectivity index (χ0) is 17.7. The predicted molar refractivity (Wildman–Crippen MR) is 82.3 cm³/mol. The van der Waals surface area contributed by atoms with Crippen LogP contribution in [0.1, 0.15) is 25.7 Å². The molecule has 1 fully saturated rings. The number of carbonyl (C=O) groups excluding carboxylic acids is 2. The first-order valence-electron chi connectivity index (χ1n) is 7.83. The number of hydrogen-bond donors (Lipinski definition) is 0. The number of amides is 1. The van der Waals surface area contributed by atoms with Gasteiger partial charge in [-0.05, 0) is 37.8 Å². The monoisotopic (exact) mass is 343 g/mol. The smallest absolute Gasteiger partial charge is 0.406 e. The number of carbonyl (C=O) groups is 2. The third kappa shape index (κ3) is 4.72. The highest BCUT2D eigenvalue weighted by atomic mass is 19.4. The maximum absolute atomic E-state index is 12.9. The minimum Gasteiger partial charge on any atom is -0.469 e. The number of halogens is 3. The van der Waals surface area contributed by atoms with Crippen molar-refractivity contribution in [3.8, 4) is 0 Å². The Morgan fingerprint density at radius 3 is 2.12 bits per heavy atom. The second-order valence-electron chi connectivity index (χ2n) is 5.95. The summed E-state index contributed by atoms with van der Waals surface area (Å²) in [6, 6.07) is 7.86. The molecule has 132 valence electrons. The normalized spacial score (nSPS) is 21.2. The lowest BCUT2D eigenvalue weighted by molar-refractivity contribution is -0.147. The number of para-hydroxylation sites is 1. The number of methoxy groups -OCH3 is 1. The van der Waals surface area contributed by atoms with Gasteiger partial charge in [-0.15, -0.1) is 0 Å². The quantitative estimate of drug-likeness (QED) is 0.786. The van der Waals surface area contributed by atoms with Crippen molar-refractivity contribution in [1.82, 2.24) is 0 Å². The Labute approximate surface area is 138 Å². The molecule has 1 aliphatic carbocycles. The highest BCUT2D eigenvalue weighted by molar-refractivity contribution is 5.95. The first-order chi connectivity index (χ1) is 11.3. The van der Waals surface area contributed by atoms with Crippen LogP contribution in [0.3, 0.4) is 0 Å². The second kappa shape index (κ2) is 7.68. The van der Waals surface area contributed by atoms with E-state index in [2.05, 4.69) is 4.74 Å². The van der Waals surface area contributed by atoms with Crippen LogP contribution in [0.15, 0.2) is 30.3 Å². The summed E-state index contributed by atoms with van der Waals surface area (Å²) in [6.07, 6.45) is -2.79. The lowest BCUT2D eigenvalue weighted by atomic mass is 9.81. The number of alkyl halides is 3. The fourth-order valence-electron chi connectivity index (χ4n) is 3.05. The van der Waals surface area contributed by atoms with Gasteiger partial charge in [0.2, 0.25) is 5.91 Å². The predicted octanol–water partition coefficient (Wildman–Crippen LogP) is 3.56. The molecule has 1 saturated carbocycles. The number of esters is 1. The molecule has 0 radical (unpaired) electrons.